The number of nitrogens with two attached hydrogens (primary N) is 1. The van der Waals surface area contributed by atoms with Crippen molar-refractivity contribution in [3.8, 4) is 0 Å². The average molecular weight is 267 g/mol. The summed E-state index contributed by atoms with van der Waals surface area (Å²) >= 11 is 0. The van der Waals surface area contributed by atoms with Crippen LogP contribution >= 0.6 is 0 Å². The number of benzene rings is 2. The van der Waals surface area contributed by atoms with Gasteiger partial charge in [0.25, 0.3) is 0 Å². The third-order valence-electron chi connectivity index (χ3n) is 3.64. The number of carbonyl (C=O) groups excluding carboxylic acids is 1. The lowest BCUT2D eigenvalue weighted by atomic mass is 9.97. The summed E-state index contributed by atoms with van der Waals surface area (Å²) in [6.45, 7) is 0.473. The molecule has 0 radical (unpaired) electrons. The highest BCUT2D eigenvalue weighted by Crippen LogP contribution is 2.31. The van der Waals surface area contributed by atoms with E-state index in [1.54, 1.807) is 0 Å². The monoisotopic (exact) mass is 267 g/mol. The van der Waals surface area contributed by atoms with Gasteiger partial charge in [0.1, 0.15) is 0 Å². The first kappa shape index (κ1) is 12.5. The lowest BCUT2D eigenvalue weighted by Gasteiger charge is -2.20. The topological polar surface area (TPSA) is 67.2 Å². The van der Waals surface area contributed by atoms with Crippen LogP contribution in [-0.4, -0.2) is 12.6 Å². The highest BCUT2D eigenvalue weighted by atomic mass is 16.2. The Morgan fingerprint density at radius 1 is 1.15 bits per heavy atom. The van der Waals surface area contributed by atoms with Crippen molar-refractivity contribution in [1.82, 2.24) is 5.32 Å². The van der Waals surface area contributed by atoms with Crippen molar-refractivity contribution in [2.75, 3.05) is 11.9 Å². The molecule has 1 aliphatic heterocycles. The Kier molecular flexibility index (Phi) is 3.29. The molecule has 0 spiro atoms. The van der Waals surface area contributed by atoms with Crippen LogP contribution in [0.3, 0.4) is 0 Å². The molecule has 2 aromatic carbocycles. The summed E-state index contributed by atoms with van der Waals surface area (Å²) < 4.78 is 0. The van der Waals surface area contributed by atoms with Crippen molar-refractivity contribution in [3.63, 3.8) is 0 Å². The Hall–Kier alpha value is -2.49. The summed E-state index contributed by atoms with van der Waals surface area (Å²) in [6, 6.07) is 16.1. The molecular formula is C16H17N3O. The first-order valence-corrected chi connectivity index (χ1v) is 6.69. The van der Waals surface area contributed by atoms with Crippen molar-refractivity contribution in [2.45, 2.75) is 12.5 Å². The zero-order chi connectivity index (χ0) is 13.9. The molecule has 0 saturated carbocycles. The van der Waals surface area contributed by atoms with Crippen LogP contribution < -0.4 is 16.4 Å². The third-order valence-corrected chi connectivity index (χ3v) is 3.64. The summed E-state index contributed by atoms with van der Waals surface area (Å²) in [5.41, 5.74) is 10.0. The number of urea groups is 1. The number of carbonyl (C=O) groups is 1. The molecule has 102 valence electrons. The van der Waals surface area contributed by atoms with E-state index in [1.807, 2.05) is 24.3 Å². The van der Waals surface area contributed by atoms with Crippen LogP contribution in [0.1, 0.15) is 22.7 Å². The molecule has 1 aliphatic rings. The Balaban J connectivity index is 1.99. The van der Waals surface area contributed by atoms with Crippen molar-refractivity contribution in [1.29, 1.82) is 0 Å². The summed E-state index contributed by atoms with van der Waals surface area (Å²) in [5.74, 6) is 0. The summed E-state index contributed by atoms with van der Waals surface area (Å²) in [5, 5.41) is 6.19. The quantitative estimate of drug-likeness (QED) is 0.782. The van der Waals surface area contributed by atoms with Gasteiger partial charge in [-0.05, 0) is 29.2 Å². The van der Waals surface area contributed by atoms with Gasteiger partial charge in [-0.15, -0.1) is 0 Å². The molecule has 2 amide bonds. The summed E-state index contributed by atoms with van der Waals surface area (Å²) in [6.07, 6.45) is 0.895. The minimum Gasteiger partial charge on any atom is -0.376 e. The standard InChI is InChI=1S/C16H17N3O/c17-16(20)18-10-15-13-7-3-1-5-11(13)9-12-6-2-4-8-14(12)19-15/h1-8,15,19H,9-10H2,(H3,17,18,20)/t15-/m1/s1. The molecule has 4 heteroatoms. The van der Waals surface area contributed by atoms with Crippen LogP contribution in [0.15, 0.2) is 48.5 Å². The molecule has 4 N–H and O–H groups in total. The molecule has 1 heterocycles. The van der Waals surface area contributed by atoms with Gasteiger partial charge in [-0.25, -0.2) is 4.79 Å². The van der Waals surface area contributed by atoms with Gasteiger partial charge in [-0.1, -0.05) is 42.5 Å². The van der Waals surface area contributed by atoms with Crippen molar-refractivity contribution in [2.24, 2.45) is 5.73 Å². The van der Waals surface area contributed by atoms with Gasteiger partial charge in [0.2, 0.25) is 0 Å². The fraction of sp³-hybridized carbons (Fsp3) is 0.188. The number of fused-ring (bicyclic) bond motifs is 2. The maximum absolute atomic E-state index is 11.0. The van der Waals surface area contributed by atoms with E-state index in [-0.39, 0.29) is 6.04 Å². The Bertz CT molecular complexity index is 639. The zero-order valence-corrected chi connectivity index (χ0v) is 11.1. The molecule has 0 bridgehead atoms. The fourth-order valence-corrected chi connectivity index (χ4v) is 2.68. The van der Waals surface area contributed by atoms with E-state index >= 15 is 0 Å². The van der Waals surface area contributed by atoms with E-state index in [1.165, 1.54) is 16.7 Å². The molecule has 3 rings (SSSR count). The molecule has 2 aromatic rings. The SMILES string of the molecule is NC(=O)NC[C@H]1Nc2ccccc2Cc2ccccc21. The van der Waals surface area contributed by atoms with Crippen LogP contribution in [0.4, 0.5) is 10.5 Å². The van der Waals surface area contributed by atoms with Gasteiger partial charge in [-0.3, -0.25) is 0 Å². The molecule has 20 heavy (non-hydrogen) atoms. The lowest BCUT2D eigenvalue weighted by Crippen LogP contribution is -2.35. The Morgan fingerprint density at radius 2 is 1.85 bits per heavy atom. The maximum atomic E-state index is 11.0. The fourth-order valence-electron chi connectivity index (χ4n) is 2.68. The van der Waals surface area contributed by atoms with Crippen LogP contribution in [-0.2, 0) is 6.42 Å². The van der Waals surface area contributed by atoms with Gasteiger partial charge < -0.3 is 16.4 Å². The molecule has 0 aromatic heterocycles. The van der Waals surface area contributed by atoms with Crippen LogP contribution in [0.25, 0.3) is 0 Å². The molecular weight excluding hydrogens is 250 g/mol. The predicted molar refractivity (Wildman–Crippen MR) is 79.6 cm³/mol. The Morgan fingerprint density at radius 3 is 2.65 bits per heavy atom. The smallest absolute Gasteiger partial charge is 0.312 e. The molecule has 1 atom stereocenters. The highest BCUT2D eigenvalue weighted by Gasteiger charge is 2.20. The molecule has 4 nitrogen and oxygen atoms in total. The van der Waals surface area contributed by atoms with E-state index in [4.69, 9.17) is 5.73 Å². The number of rotatable bonds is 2. The number of hydrogen-bond donors (Lipinski definition) is 3. The van der Waals surface area contributed by atoms with E-state index in [9.17, 15) is 4.79 Å². The number of primary amides is 1. The minimum absolute atomic E-state index is 0.0300. The second kappa shape index (κ2) is 5.25. The van der Waals surface area contributed by atoms with Crippen molar-refractivity contribution in [3.05, 3.63) is 65.2 Å². The summed E-state index contributed by atoms with van der Waals surface area (Å²) in [4.78, 5) is 11.0. The predicted octanol–water partition coefficient (Wildman–Crippen LogP) is 2.41. The van der Waals surface area contributed by atoms with E-state index in [0.29, 0.717) is 6.54 Å². The number of anilines is 1. The maximum Gasteiger partial charge on any atom is 0.312 e. The minimum atomic E-state index is -0.498. The highest BCUT2D eigenvalue weighted by molar-refractivity contribution is 5.71. The molecule has 0 unspecified atom stereocenters. The number of nitrogens with one attached hydrogen (secondary N) is 2. The normalized spacial score (nSPS) is 16.3. The van der Waals surface area contributed by atoms with Gasteiger partial charge in [0.05, 0.1) is 6.04 Å². The van der Waals surface area contributed by atoms with Gasteiger partial charge >= 0.3 is 6.03 Å². The van der Waals surface area contributed by atoms with Gasteiger partial charge in [0.15, 0.2) is 0 Å². The van der Waals surface area contributed by atoms with Crippen LogP contribution in [0.2, 0.25) is 0 Å². The number of hydrogen-bond acceptors (Lipinski definition) is 2. The number of amides is 2. The van der Waals surface area contributed by atoms with Crippen molar-refractivity contribution >= 4 is 11.7 Å². The first-order valence-electron chi connectivity index (χ1n) is 6.69. The molecule has 0 aliphatic carbocycles. The van der Waals surface area contributed by atoms with E-state index in [0.717, 1.165) is 12.1 Å². The van der Waals surface area contributed by atoms with Crippen LogP contribution in [0, 0.1) is 0 Å². The lowest BCUT2D eigenvalue weighted by molar-refractivity contribution is 0.248. The van der Waals surface area contributed by atoms with E-state index < -0.39 is 6.03 Å². The van der Waals surface area contributed by atoms with Gasteiger partial charge in [0, 0.05) is 12.2 Å². The first-order chi connectivity index (χ1) is 9.74. The molecule has 0 fully saturated rings. The third kappa shape index (κ3) is 2.45. The van der Waals surface area contributed by atoms with Crippen molar-refractivity contribution < 1.29 is 4.79 Å². The Labute approximate surface area is 118 Å². The zero-order valence-electron chi connectivity index (χ0n) is 11.1. The second-order valence-corrected chi connectivity index (χ2v) is 4.97. The summed E-state index contributed by atoms with van der Waals surface area (Å²) in [7, 11) is 0. The van der Waals surface area contributed by atoms with Crippen LogP contribution in [0.5, 0.6) is 0 Å². The van der Waals surface area contributed by atoms with E-state index in [2.05, 4.69) is 34.9 Å². The molecule has 0 saturated heterocycles. The average Bonchev–Trinajstić information content (AvgIpc) is 2.61. The second-order valence-electron chi connectivity index (χ2n) is 4.97. The number of para-hydroxylation sites is 1. The van der Waals surface area contributed by atoms with Gasteiger partial charge in [-0.2, -0.15) is 0 Å². The largest absolute Gasteiger partial charge is 0.376 e.